The zero-order valence-electron chi connectivity index (χ0n) is 18.5. The quantitative estimate of drug-likeness (QED) is 0.359. The number of fused-ring (bicyclic) bond motifs is 3. The van der Waals surface area contributed by atoms with Crippen molar-refractivity contribution in [3.63, 3.8) is 0 Å². The lowest BCUT2D eigenvalue weighted by molar-refractivity contribution is -0.137. The van der Waals surface area contributed by atoms with E-state index < -0.39 is 29.8 Å². The molecule has 3 N–H and O–H groups in total. The second kappa shape index (κ2) is 10.7. The summed E-state index contributed by atoms with van der Waals surface area (Å²) in [5.41, 5.74) is 4.11. The number of rotatable bonds is 8. The van der Waals surface area contributed by atoms with Gasteiger partial charge in [0.15, 0.2) is 0 Å². The molecule has 9 heteroatoms. The van der Waals surface area contributed by atoms with Crippen LogP contribution in [0.15, 0.2) is 71.2 Å². The van der Waals surface area contributed by atoms with Crippen molar-refractivity contribution in [1.29, 1.82) is 0 Å². The maximum atomic E-state index is 14.1. The average Bonchev–Trinajstić information content (AvgIpc) is 3.16. The summed E-state index contributed by atoms with van der Waals surface area (Å²) in [6.07, 6.45) is -1.44. The van der Waals surface area contributed by atoms with Crippen molar-refractivity contribution >= 4 is 39.6 Å². The highest BCUT2D eigenvalue weighted by molar-refractivity contribution is 9.10. The Morgan fingerprint density at radius 3 is 2.20 bits per heavy atom. The van der Waals surface area contributed by atoms with E-state index in [1.807, 2.05) is 48.5 Å². The first-order chi connectivity index (χ1) is 16.8. The van der Waals surface area contributed by atoms with Gasteiger partial charge in [0.25, 0.3) is 0 Å². The fourth-order valence-corrected chi connectivity index (χ4v) is 4.59. The maximum absolute atomic E-state index is 14.1. The summed E-state index contributed by atoms with van der Waals surface area (Å²) in [6.45, 7) is 0.0337. The highest BCUT2D eigenvalue weighted by Crippen LogP contribution is 2.44. The molecule has 0 radical (unpaired) electrons. The number of hydrogen-bond donors (Lipinski definition) is 3. The number of carbonyl (C=O) groups is 3. The van der Waals surface area contributed by atoms with E-state index in [1.165, 1.54) is 12.1 Å². The van der Waals surface area contributed by atoms with Gasteiger partial charge in [-0.25, -0.2) is 9.18 Å². The summed E-state index contributed by atoms with van der Waals surface area (Å²) in [7, 11) is 0. The Labute approximate surface area is 209 Å². The van der Waals surface area contributed by atoms with Gasteiger partial charge in [-0.05, 0) is 56.7 Å². The third-order valence-corrected chi connectivity index (χ3v) is 6.47. The van der Waals surface area contributed by atoms with Crippen molar-refractivity contribution in [1.82, 2.24) is 5.32 Å². The average molecular weight is 541 g/mol. The molecule has 0 aromatic heterocycles. The first-order valence-corrected chi connectivity index (χ1v) is 11.7. The molecule has 1 aliphatic rings. The van der Waals surface area contributed by atoms with E-state index >= 15 is 0 Å². The molecule has 0 saturated heterocycles. The molecule has 1 aliphatic carbocycles. The molecule has 180 valence electrons. The molecule has 0 saturated carbocycles. The predicted molar refractivity (Wildman–Crippen MR) is 132 cm³/mol. The summed E-state index contributed by atoms with van der Waals surface area (Å²) in [5, 5.41) is 13.9. The van der Waals surface area contributed by atoms with Gasteiger partial charge in [-0.2, -0.15) is 0 Å². The number of benzene rings is 3. The molecule has 3 aromatic carbocycles. The Hall–Kier alpha value is -3.72. The van der Waals surface area contributed by atoms with E-state index in [0.717, 1.165) is 22.3 Å². The topological polar surface area (TPSA) is 105 Å². The summed E-state index contributed by atoms with van der Waals surface area (Å²) >= 11 is 3.17. The largest absolute Gasteiger partial charge is 0.481 e. The van der Waals surface area contributed by atoms with Crippen LogP contribution in [0.4, 0.5) is 14.9 Å². The molecule has 35 heavy (non-hydrogen) atoms. The van der Waals surface area contributed by atoms with Crippen LogP contribution in [0.1, 0.15) is 29.9 Å². The van der Waals surface area contributed by atoms with Crippen molar-refractivity contribution < 1.29 is 28.6 Å². The smallest absolute Gasteiger partial charge is 0.407 e. The number of hydrogen-bond acceptors (Lipinski definition) is 4. The number of alkyl carbamates (subject to hydrolysis) is 1. The van der Waals surface area contributed by atoms with Gasteiger partial charge in [-0.3, -0.25) is 9.59 Å². The lowest BCUT2D eigenvalue weighted by atomic mass is 9.98. The van der Waals surface area contributed by atoms with E-state index in [0.29, 0.717) is 4.47 Å². The Balaban J connectivity index is 1.45. The Bertz CT molecular complexity index is 1220. The maximum Gasteiger partial charge on any atom is 0.407 e. The predicted octanol–water partition coefficient (Wildman–Crippen LogP) is 5.30. The van der Waals surface area contributed by atoms with Gasteiger partial charge in [0, 0.05) is 16.8 Å². The van der Waals surface area contributed by atoms with Gasteiger partial charge in [0.1, 0.15) is 18.5 Å². The van der Waals surface area contributed by atoms with Crippen LogP contribution in [-0.4, -0.2) is 35.7 Å². The molecule has 3 aromatic rings. The third kappa shape index (κ3) is 5.51. The number of carbonyl (C=O) groups excluding carboxylic acids is 2. The van der Waals surface area contributed by atoms with Crippen molar-refractivity contribution in [2.45, 2.75) is 24.8 Å². The molecular formula is C26H22BrFN2O5. The first kappa shape index (κ1) is 24.4. The molecule has 1 atom stereocenters. The Morgan fingerprint density at radius 2 is 1.60 bits per heavy atom. The Kier molecular flexibility index (Phi) is 7.45. The molecule has 1 unspecified atom stereocenters. The molecule has 4 rings (SSSR count). The number of anilines is 1. The molecule has 0 heterocycles. The molecular weight excluding hydrogens is 519 g/mol. The fourth-order valence-electron chi connectivity index (χ4n) is 4.15. The number of carboxylic acid groups (broad SMARTS) is 1. The Morgan fingerprint density at radius 1 is 0.971 bits per heavy atom. The van der Waals surface area contributed by atoms with Crippen LogP contribution in [0, 0.1) is 5.82 Å². The summed E-state index contributed by atoms with van der Waals surface area (Å²) in [6, 6.07) is 18.7. The van der Waals surface area contributed by atoms with Gasteiger partial charge in [-0.1, -0.05) is 54.6 Å². The molecule has 0 bridgehead atoms. The minimum Gasteiger partial charge on any atom is -0.481 e. The molecule has 7 nitrogen and oxygen atoms in total. The first-order valence-electron chi connectivity index (χ1n) is 10.9. The number of aliphatic carboxylic acids is 1. The minimum atomic E-state index is -1.24. The van der Waals surface area contributed by atoms with Crippen LogP contribution < -0.4 is 10.6 Å². The van der Waals surface area contributed by atoms with E-state index in [-0.39, 0.29) is 31.1 Å². The van der Waals surface area contributed by atoms with E-state index in [1.54, 1.807) is 6.07 Å². The fraction of sp³-hybridized carbons (Fsp3) is 0.192. The highest BCUT2D eigenvalue weighted by Gasteiger charge is 2.30. The molecule has 0 fully saturated rings. The zero-order chi connectivity index (χ0) is 24.9. The lowest BCUT2D eigenvalue weighted by Gasteiger charge is -2.20. The highest BCUT2D eigenvalue weighted by atomic mass is 79.9. The molecule has 0 aliphatic heterocycles. The summed E-state index contributed by atoms with van der Waals surface area (Å²) in [5.74, 6) is -2.74. The van der Waals surface area contributed by atoms with Gasteiger partial charge in [0.2, 0.25) is 5.91 Å². The summed E-state index contributed by atoms with van der Waals surface area (Å²) < 4.78 is 19.9. The SMILES string of the molecule is O=C(O)CCC(NC(=O)OCC1c2ccccc2-c2ccccc21)C(=O)Nc1c(F)cccc1Br. The van der Waals surface area contributed by atoms with Crippen molar-refractivity contribution in [2.75, 3.05) is 11.9 Å². The van der Waals surface area contributed by atoms with Crippen molar-refractivity contribution in [2.24, 2.45) is 0 Å². The lowest BCUT2D eigenvalue weighted by Crippen LogP contribution is -2.44. The van der Waals surface area contributed by atoms with Gasteiger partial charge in [-0.15, -0.1) is 0 Å². The van der Waals surface area contributed by atoms with Crippen LogP contribution >= 0.6 is 15.9 Å². The van der Waals surface area contributed by atoms with Gasteiger partial charge in [0.05, 0.1) is 5.69 Å². The second-order valence-electron chi connectivity index (χ2n) is 8.04. The van der Waals surface area contributed by atoms with Gasteiger partial charge >= 0.3 is 12.1 Å². The zero-order valence-corrected chi connectivity index (χ0v) is 20.0. The van der Waals surface area contributed by atoms with Crippen LogP contribution in [0.2, 0.25) is 0 Å². The monoisotopic (exact) mass is 540 g/mol. The van der Waals surface area contributed by atoms with E-state index in [9.17, 15) is 18.8 Å². The van der Waals surface area contributed by atoms with E-state index in [2.05, 4.69) is 26.6 Å². The number of para-hydroxylation sites is 1. The van der Waals surface area contributed by atoms with Crippen LogP contribution in [0.5, 0.6) is 0 Å². The third-order valence-electron chi connectivity index (χ3n) is 5.81. The number of halogens is 2. The van der Waals surface area contributed by atoms with Crippen LogP contribution in [0.25, 0.3) is 11.1 Å². The van der Waals surface area contributed by atoms with E-state index in [4.69, 9.17) is 9.84 Å². The minimum absolute atomic E-state index is 0.0337. The normalized spacial score (nSPS) is 12.9. The number of carboxylic acids is 1. The number of amides is 2. The standard InChI is InChI=1S/C26H22BrFN2O5/c27-20-10-5-11-21(28)24(20)30-25(33)22(12-13-23(31)32)29-26(34)35-14-19-17-8-3-1-6-15(17)16-7-2-4-9-18(16)19/h1-11,19,22H,12-14H2,(H,29,34)(H,30,33)(H,31,32). The number of ether oxygens (including phenoxy) is 1. The summed E-state index contributed by atoms with van der Waals surface area (Å²) in [4.78, 5) is 36.5. The van der Waals surface area contributed by atoms with Crippen molar-refractivity contribution in [3.8, 4) is 11.1 Å². The second-order valence-corrected chi connectivity index (χ2v) is 8.90. The van der Waals surface area contributed by atoms with Crippen LogP contribution in [0.3, 0.4) is 0 Å². The van der Waals surface area contributed by atoms with Crippen molar-refractivity contribution in [3.05, 3.63) is 88.1 Å². The molecule has 0 spiro atoms. The number of nitrogens with one attached hydrogen (secondary N) is 2. The van der Waals surface area contributed by atoms with Crippen LogP contribution in [-0.2, 0) is 14.3 Å². The van der Waals surface area contributed by atoms with Gasteiger partial charge < -0.3 is 20.5 Å². The molecule has 2 amide bonds.